The summed E-state index contributed by atoms with van der Waals surface area (Å²) in [6.07, 6.45) is 10.6. The summed E-state index contributed by atoms with van der Waals surface area (Å²) in [7, 11) is 4.88. The number of carbonyl (C=O) groups is 2. The van der Waals surface area contributed by atoms with Crippen LogP contribution < -0.4 is 5.11 Å². The molecule has 0 amide bonds. The maximum atomic E-state index is 12.1. The molecule has 0 saturated heterocycles. The maximum Gasteiger partial charge on any atom is 0.318 e. The summed E-state index contributed by atoms with van der Waals surface area (Å²) in [5, 5.41) is 32.4. The van der Waals surface area contributed by atoms with Crippen molar-refractivity contribution in [2.45, 2.75) is 103 Å². The second-order valence-electron chi connectivity index (χ2n) is 9.02. The van der Waals surface area contributed by atoms with Crippen LogP contribution in [-0.4, -0.2) is 59.9 Å². The number of hydrogen-bond acceptors (Lipinski definition) is 4. The number of rotatable bonds is 17. The van der Waals surface area contributed by atoms with E-state index in [4.69, 9.17) is 0 Å². The van der Waals surface area contributed by atoms with Crippen molar-refractivity contribution in [3.63, 3.8) is 0 Å². The lowest BCUT2D eigenvalue weighted by Crippen LogP contribution is -2.68. The zero-order valence-corrected chi connectivity index (χ0v) is 18.7. The minimum Gasteiger partial charge on any atom is -0.544 e. The number of likely N-dealkylation sites (N-methyl/N-ethyl adjacent to an activating group) is 1. The lowest BCUT2D eigenvalue weighted by atomic mass is 9.70. The van der Waals surface area contributed by atoms with Crippen molar-refractivity contribution in [3.8, 4) is 0 Å². The van der Waals surface area contributed by atoms with Gasteiger partial charge < -0.3 is 24.6 Å². The summed E-state index contributed by atoms with van der Waals surface area (Å²) in [6, 6.07) is -1.33. The third-order valence-electron chi connectivity index (χ3n) is 5.89. The number of aliphatic hydroxyl groups excluding tert-OH is 1. The van der Waals surface area contributed by atoms with Crippen LogP contribution in [0, 0.1) is 5.41 Å². The first-order valence-electron chi connectivity index (χ1n) is 11.0. The van der Waals surface area contributed by atoms with E-state index in [-0.39, 0.29) is 10.9 Å². The molecule has 0 spiro atoms. The van der Waals surface area contributed by atoms with E-state index in [1.165, 1.54) is 38.5 Å². The van der Waals surface area contributed by atoms with Crippen LogP contribution in [0.4, 0.5) is 0 Å². The van der Waals surface area contributed by atoms with Gasteiger partial charge in [0.25, 0.3) is 0 Å². The van der Waals surface area contributed by atoms with Gasteiger partial charge in [0.1, 0.15) is 12.0 Å². The second-order valence-corrected chi connectivity index (χ2v) is 9.02. The van der Waals surface area contributed by atoms with Crippen molar-refractivity contribution in [2.24, 2.45) is 5.41 Å². The first kappa shape index (κ1) is 26.9. The molecule has 6 heteroatoms. The van der Waals surface area contributed by atoms with Gasteiger partial charge in [-0.25, -0.2) is 0 Å². The van der Waals surface area contributed by atoms with Gasteiger partial charge in [0, 0.05) is 0 Å². The number of carboxylic acids is 2. The number of aliphatic hydroxyl groups is 1. The molecular formula is C22H43NO5. The number of quaternary nitrogens is 1. The van der Waals surface area contributed by atoms with Gasteiger partial charge in [0.15, 0.2) is 5.41 Å². The van der Waals surface area contributed by atoms with E-state index in [1.807, 2.05) is 0 Å². The summed E-state index contributed by atoms with van der Waals surface area (Å²) in [4.78, 5) is 23.9. The lowest BCUT2D eigenvalue weighted by Gasteiger charge is -2.47. The average molecular weight is 402 g/mol. The molecule has 0 bridgehead atoms. The molecule has 0 aliphatic rings. The number of nitrogens with zero attached hydrogens (tertiary/aromatic N) is 1. The van der Waals surface area contributed by atoms with Gasteiger partial charge in [-0.15, -0.1) is 0 Å². The number of carboxylic acid groups (broad SMARTS) is 2. The highest BCUT2D eigenvalue weighted by molar-refractivity contribution is 5.84. The van der Waals surface area contributed by atoms with Gasteiger partial charge in [-0.1, -0.05) is 78.1 Å². The van der Waals surface area contributed by atoms with Crippen molar-refractivity contribution in [1.29, 1.82) is 0 Å². The minimum absolute atomic E-state index is 0.0371. The molecule has 0 rings (SSSR count). The van der Waals surface area contributed by atoms with Gasteiger partial charge in [0.2, 0.25) is 0 Å². The van der Waals surface area contributed by atoms with Crippen LogP contribution in [-0.2, 0) is 9.59 Å². The molecule has 0 aromatic rings. The molecule has 3 atom stereocenters. The molecule has 28 heavy (non-hydrogen) atoms. The number of hydrogen-bond donors (Lipinski definition) is 2. The Bertz CT molecular complexity index is 460. The van der Waals surface area contributed by atoms with E-state index in [0.717, 1.165) is 19.3 Å². The van der Waals surface area contributed by atoms with Crippen LogP contribution in [0.2, 0.25) is 0 Å². The quantitative estimate of drug-likeness (QED) is 0.288. The summed E-state index contributed by atoms with van der Waals surface area (Å²) in [6.45, 7) is 3.84. The highest BCUT2D eigenvalue weighted by Gasteiger charge is 2.56. The molecule has 0 heterocycles. The Hall–Kier alpha value is -1.14. The fourth-order valence-corrected chi connectivity index (χ4v) is 4.32. The molecule has 0 fully saturated rings. The Balaban J connectivity index is 4.67. The molecule has 0 saturated carbocycles. The van der Waals surface area contributed by atoms with Crippen LogP contribution in [0.3, 0.4) is 0 Å². The first-order chi connectivity index (χ1) is 13.1. The highest BCUT2D eigenvalue weighted by Crippen LogP contribution is 2.38. The van der Waals surface area contributed by atoms with E-state index >= 15 is 0 Å². The van der Waals surface area contributed by atoms with E-state index < -0.39 is 29.5 Å². The Morgan fingerprint density at radius 3 is 1.64 bits per heavy atom. The van der Waals surface area contributed by atoms with Crippen LogP contribution in [0.5, 0.6) is 0 Å². The monoisotopic (exact) mass is 401 g/mol. The van der Waals surface area contributed by atoms with Crippen molar-refractivity contribution < 1.29 is 29.4 Å². The van der Waals surface area contributed by atoms with Gasteiger partial charge >= 0.3 is 5.97 Å². The molecule has 0 radical (unpaired) electrons. The Kier molecular flexibility index (Phi) is 12.6. The molecular weight excluding hydrogens is 358 g/mol. The molecule has 0 aliphatic heterocycles. The van der Waals surface area contributed by atoms with E-state index in [1.54, 1.807) is 28.1 Å². The Morgan fingerprint density at radius 2 is 1.32 bits per heavy atom. The smallest absolute Gasteiger partial charge is 0.318 e. The summed E-state index contributed by atoms with van der Waals surface area (Å²) in [5.41, 5.74) is -1.75. The van der Waals surface area contributed by atoms with Crippen molar-refractivity contribution in [2.75, 3.05) is 21.1 Å². The predicted molar refractivity (Wildman–Crippen MR) is 110 cm³/mol. The number of aliphatic carboxylic acids is 2. The SMILES string of the molecule is CCCCCCCCCCCCC(O)C(CC)(C(=O)O)C(C(=O)[O-])[N+](C)(C)C. The van der Waals surface area contributed by atoms with Crippen molar-refractivity contribution in [3.05, 3.63) is 0 Å². The number of carbonyl (C=O) groups excluding carboxylic acids is 1. The Labute approximate surface area is 171 Å². The van der Waals surface area contributed by atoms with Gasteiger partial charge in [-0.2, -0.15) is 0 Å². The first-order valence-corrected chi connectivity index (χ1v) is 11.0. The molecule has 6 nitrogen and oxygen atoms in total. The standard InChI is InChI=1S/C22H43NO5/c1-6-8-9-10-11-12-13-14-15-16-17-18(24)22(7-2,21(27)28)19(20(25)26)23(3,4)5/h18-19,24H,6-17H2,1-5H3,(H-,25,26,27,28). The molecule has 3 unspecified atom stereocenters. The minimum atomic E-state index is -1.75. The highest BCUT2D eigenvalue weighted by atomic mass is 16.4. The normalized spacial score (nSPS) is 16.4. The van der Waals surface area contributed by atoms with E-state index in [9.17, 15) is 24.9 Å². The maximum absolute atomic E-state index is 12.1. The molecule has 0 aromatic carbocycles. The van der Waals surface area contributed by atoms with Crippen LogP contribution >= 0.6 is 0 Å². The zero-order chi connectivity index (χ0) is 21.8. The zero-order valence-electron chi connectivity index (χ0n) is 18.7. The van der Waals surface area contributed by atoms with Crippen molar-refractivity contribution in [1.82, 2.24) is 0 Å². The van der Waals surface area contributed by atoms with Crippen LogP contribution in [0.15, 0.2) is 0 Å². The third kappa shape index (κ3) is 8.08. The van der Waals surface area contributed by atoms with Crippen molar-refractivity contribution >= 4 is 11.9 Å². The molecule has 0 aliphatic carbocycles. The fraction of sp³-hybridized carbons (Fsp3) is 0.909. The second kappa shape index (κ2) is 13.2. The Morgan fingerprint density at radius 1 is 0.893 bits per heavy atom. The summed E-state index contributed by atoms with van der Waals surface area (Å²) >= 11 is 0. The third-order valence-corrected chi connectivity index (χ3v) is 5.89. The fourth-order valence-electron chi connectivity index (χ4n) is 4.32. The lowest BCUT2D eigenvalue weighted by molar-refractivity contribution is -0.896. The predicted octanol–water partition coefficient (Wildman–Crippen LogP) is 2.96. The summed E-state index contributed by atoms with van der Waals surface area (Å²) in [5.74, 6) is -2.70. The van der Waals surface area contributed by atoms with E-state index in [2.05, 4.69) is 6.92 Å². The van der Waals surface area contributed by atoms with E-state index in [0.29, 0.717) is 12.8 Å². The largest absolute Gasteiger partial charge is 0.544 e. The van der Waals surface area contributed by atoms with Crippen LogP contribution in [0.1, 0.15) is 90.9 Å². The topological polar surface area (TPSA) is 97.7 Å². The van der Waals surface area contributed by atoms with Crippen LogP contribution in [0.25, 0.3) is 0 Å². The number of unbranched alkanes of at least 4 members (excludes halogenated alkanes) is 9. The molecule has 2 N–H and O–H groups in total. The molecule has 166 valence electrons. The molecule has 0 aromatic heterocycles. The van der Waals surface area contributed by atoms with Gasteiger partial charge in [-0.05, 0) is 12.8 Å². The van der Waals surface area contributed by atoms with Gasteiger partial charge in [0.05, 0.1) is 27.2 Å². The van der Waals surface area contributed by atoms with Gasteiger partial charge in [-0.3, -0.25) is 4.79 Å². The average Bonchev–Trinajstić information content (AvgIpc) is 2.59. The summed E-state index contributed by atoms with van der Waals surface area (Å²) < 4.78 is -0.114.